The molecule has 0 aromatic heterocycles. The number of para-hydroxylation sites is 1. The number of ether oxygens (including phenoxy) is 2. The van der Waals surface area contributed by atoms with Crippen LogP contribution in [0.3, 0.4) is 0 Å². The largest absolute Gasteiger partial charge is 0.444 e. The Kier molecular flexibility index (Phi) is 9.77. The number of halogens is 2. The molecule has 0 aliphatic carbocycles. The number of nitrogens with one attached hydrogen (secondary N) is 2. The monoisotopic (exact) mass is 615 g/mol. The van der Waals surface area contributed by atoms with Gasteiger partial charge in [0.25, 0.3) is 5.91 Å². The smallest absolute Gasteiger partial charge is 0.410 e. The van der Waals surface area contributed by atoms with Crippen molar-refractivity contribution in [3.63, 3.8) is 0 Å². The molecule has 2 aromatic carbocycles. The van der Waals surface area contributed by atoms with Crippen LogP contribution in [0.5, 0.6) is 0 Å². The van der Waals surface area contributed by atoms with E-state index < -0.39 is 64.9 Å². The summed E-state index contributed by atoms with van der Waals surface area (Å²) in [7, 11) is 1.42. The van der Waals surface area contributed by atoms with E-state index in [0.29, 0.717) is 42.9 Å². The van der Waals surface area contributed by atoms with E-state index in [1.54, 1.807) is 39.0 Å². The van der Waals surface area contributed by atoms with Gasteiger partial charge >= 0.3 is 6.09 Å². The first kappa shape index (κ1) is 32.6. The van der Waals surface area contributed by atoms with Gasteiger partial charge in [0.2, 0.25) is 11.8 Å². The van der Waals surface area contributed by atoms with Crippen molar-refractivity contribution < 1.29 is 37.4 Å². The maximum atomic E-state index is 14.5. The van der Waals surface area contributed by atoms with Crippen LogP contribution in [0.25, 0.3) is 0 Å². The quantitative estimate of drug-likeness (QED) is 0.403. The van der Waals surface area contributed by atoms with Crippen LogP contribution in [0.15, 0.2) is 36.4 Å². The Labute approximate surface area is 255 Å². The summed E-state index contributed by atoms with van der Waals surface area (Å²) in [5.74, 6) is -4.31. The van der Waals surface area contributed by atoms with Crippen molar-refractivity contribution in [3.8, 4) is 0 Å². The number of amides is 4. The maximum Gasteiger partial charge on any atom is 0.410 e. The van der Waals surface area contributed by atoms with Crippen molar-refractivity contribution in [2.45, 2.75) is 70.8 Å². The van der Waals surface area contributed by atoms with Gasteiger partial charge in [0, 0.05) is 32.5 Å². The summed E-state index contributed by atoms with van der Waals surface area (Å²) in [5, 5.41) is 5.12. The Morgan fingerprint density at radius 2 is 1.73 bits per heavy atom. The summed E-state index contributed by atoms with van der Waals surface area (Å²) in [5.41, 5.74) is 5.95. The molecule has 2 aromatic rings. The van der Waals surface area contributed by atoms with Crippen LogP contribution in [-0.4, -0.2) is 71.6 Å². The van der Waals surface area contributed by atoms with Gasteiger partial charge in [-0.05, 0) is 81.8 Å². The summed E-state index contributed by atoms with van der Waals surface area (Å²) in [6, 6.07) is 4.66. The topological polar surface area (TPSA) is 143 Å². The Morgan fingerprint density at radius 1 is 1.09 bits per heavy atom. The summed E-state index contributed by atoms with van der Waals surface area (Å²) in [4.78, 5) is 56.6. The van der Waals surface area contributed by atoms with Crippen LogP contribution in [0.1, 0.15) is 57.7 Å². The van der Waals surface area contributed by atoms with E-state index in [0.717, 1.165) is 17.0 Å². The third-order valence-corrected chi connectivity index (χ3v) is 7.80. The van der Waals surface area contributed by atoms with Crippen molar-refractivity contribution in [2.75, 3.05) is 31.3 Å². The Hall–Kier alpha value is -4.26. The number of fused-ring (bicyclic) bond motifs is 1. The van der Waals surface area contributed by atoms with Crippen molar-refractivity contribution in [1.29, 1.82) is 0 Å². The molecule has 2 heterocycles. The molecule has 4 amide bonds. The third-order valence-electron chi connectivity index (χ3n) is 7.80. The molecule has 2 aliphatic heterocycles. The second-order valence-corrected chi connectivity index (χ2v) is 12.1. The lowest BCUT2D eigenvalue weighted by atomic mass is 9.90. The fourth-order valence-electron chi connectivity index (χ4n) is 5.30. The van der Waals surface area contributed by atoms with Crippen LogP contribution in [0.2, 0.25) is 0 Å². The predicted molar refractivity (Wildman–Crippen MR) is 158 cm³/mol. The lowest BCUT2D eigenvalue weighted by Crippen LogP contribution is -2.57. The molecule has 2 aliphatic rings. The van der Waals surface area contributed by atoms with Gasteiger partial charge in [-0.2, -0.15) is 0 Å². The molecule has 0 radical (unpaired) electrons. The van der Waals surface area contributed by atoms with E-state index in [2.05, 4.69) is 10.6 Å². The first-order valence-electron chi connectivity index (χ1n) is 14.5. The fourth-order valence-corrected chi connectivity index (χ4v) is 5.30. The minimum absolute atomic E-state index is 0.00472. The SMILES string of the molecule is C[C@@H](C(=O)N[C@H](C(=O)N1Cc2ccc(N)cc2[C@H]1C(=O)Nc1c(F)cccc1F)C1CCOCC1)N(C)C(=O)OC(C)(C)C. The number of benzene rings is 2. The number of carbonyl (C=O) groups excluding carboxylic acids is 4. The molecule has 4 N–H and O–H groups in total. The second-order valence-electron chi connectivity index (χ2n) is 12.1. The van der Waals surface area contributed by atoms with Gasteiger partial charge < -0.3 is 30.7 Å². The van der Waals surface area contributed by atoms with Crippen LogP contribution in [0.4, 0.5) is 25.0 Å². The highest BCUT2D eigenvalue weighted by Gasteiger charge is 2.44. The van der Waals surface area contributed by atoms with Gasteiger partial charge in [0.1, 0.15) is 41.0 Å². The summed E-state index contributed by atoms with van der Waals surface area (Å²) >= 11 is 0. The minimum atomic E-state index is -1.29. The van der Waals surface area contributed by atoms with E-state index in [-0.39, 0.29) is 12.5 Å². The molecule has 13 heteroatoms. The van der Waals surface area contributed by atoms with E-state index >= 15 is 0 Å². The number of carbonyl (C=O) groups is 4. The molecule has 11 nitrogen and oxygen atoms in total. The molecule has 1 saturated heterocycles. The summed E-state index contributed by atoms with van der Waals surface area (Å²) in [6.45, 7) is 7.36. The van der Waals surface area contributed by atoms with Crippen molar-refractivity contribution >= 4 is 35.2 Å². The van der Waals surface area contributed by atoms with E-state index in [1.807, 2.05) is 0 Å². The molecule has 3 atom stereocenters. The normalized spacial score (nSPS) is 18.2. The summed E-state index contributed by atoms with van der Waals surface area (Å²) in [6.07, 6.45) is 0.203. The highest BCUT2D eigenvalue weighted by molar-refractivity contribution is 6.00. The number of hydrogen-bond acceptors (Lipinski definition) is 7. The number of hydrogen-bond donors (Lipinski definition) is 3. The lowest BCUT2D eigenvalue weighted by molar-refractivity contribution is -0.144. The number of anilines is 2. The molecule has 1 fully saturated rings. The molecule has 0 saturated carbocycles. The van der Waals surface area contributed by atoms with Gasteiger partial charge in [-0.15, -0.1) is 0 Å². The average Bonchev–Trinajstić information content (AvgIpc) is 3.34. The highest BCUT2D eigenvalue weighted by atomic mass is 19.1. The maximum absolute atomic E-state index is 14.5. The molecule has 0 spiro atoms. The van der Waals surface area contributed by atoms with E-state index in [1.165, 1.54) is 24.9 Å². The summed E-state index contributed by atoms with van der Waals surface area (Å²) < 4.78 is 39.8. The van der Waals surface area contributed by atoms with Crippen LogP contribution >= 0.6 is 0 Å². The van der Waals surface area contributed by atoms with Crippen molar-refractivity contribution in [2.24, 2.45) is 5.92 Å². The van der Waals surface area contributed by atoms with Crippen LogP contribution in [0, 0.1) is 17.6 Å². The van der Waals surface area contributed by atoms with Gasteiger partial charge in [-0.25, -0.2) is 13.6 Å². The zero-order chi connectivity index (χ0) is 32.3. The van der Waals surface area contributed by atoms with E-state index in [4.69, 9.17) is 15.2 Å². The number of rotatable bonds is 7. The molecule has 0 unspecified atom stereocenters. The Morgan fingerprint density at radius 3 is 2.34 bits per heavy atom. The van der Waals surface area contributed by atoms with Crippen molar-refractivity contribution in [1.82, 2.24) is 15.1 Å². The molecule has 238 valence electrons. The van der Waals surface area contributed by atoms with Crippen molar-refractivity contribution in [3.05, 3.63) is 59.2 Å². The Balaban J connectivity index is 1.64. The second kappa shape index (κ2) is 13.2. The minimum Gasteiger partial charge on any atom is -0.444 e. The van der Waals surface area contributed by atoms with Gasteiger partial charge in [0.05, 0.1) is 0 Å². The third kappa shape index (κ3) is 7.26. The van der Waals surface area contributed by atoms with Crippen LogP contribution < -0.4 is 16.4 Å². The van der Waals surface area contributed by atoms with Gasteiger partial charge in [0.15, 0.2) is 0 Å². The Bertz CT molecular complexity index is 1400. The first-order valence-corrected chi connectivity index (χ1v) is 14.5. The average molecular weight is 616 g/mol. The lowest BCUT2D eigenvalue weighted by Gasteiger charge is -2.36. The van der Waals surface area contributed by atoms with Crippen LogP contribution in [-0.2, 0) is 30.4 Å². The number of nitrogens with two attached hydrogens (primary N) is 1. The predicted octanol–water partition coefficient (Wildman–Crippen LogP) is 3.74. The van der Waals surface area contributed by atoms with Gasteiger partial charge in [-0.1, -0.05) is 12.1 Å². The molecular formula is C31H39F2N5O6. The number of nitrogen functional groups attached to an aromatic ring is 1. The van der Waals surface area contributed by atoms with E-state index in [9.17, 15) is 28.0 Å². The highest BCUT2D eigenvalue weighted by Crippen LogP contribution is 2.38. The standard InChI is InChI=1S/C31H39F2N5O6/c1-17(37(5)30(42)44-31(2,3)4)27(39)35-24(18-11-13-43-14-12-18)29(41)38-16-19-9-10-20(34)15-21(19)26(38)28(40)36-25-22(32)7-6-8-23(25)33/h6-10,15,17-18,24,26H,11-14,16,34H2,1-5H3,(H,35,39)(H,36,40)/t17-,24-,26-/m0/s1. The zero-order valence-corrected chi connectivity index (χ0v) is 25.5. The number of likely N-dealkylation sites (N-methyl/N-ethyl adjacent to an activating group) is 1. The van der Waals surface area contributed by atoms with Gasteiger partial charge in [-0.3, -0.25) is 19.3 Å². The molecule has 0 bridgehead atoms. The first-order chi connectivity index (χ1) is 20.7. The fraction of sp³-hybridized carbons (Fsp3) is 0.484. The molecular weight excluding hydrogens is 576 g/mol. The zero-order valence-electron chi connectivity index (χ0n) is 25.5. The number of nitrogens with zero attached hydrogens (tertiary/aromatic N) is 2. The molecule has 44 heavy (non-hydrogen) atoms. The molecule has 4 rings (SSSR count).